The number of rotatable bonds is 10. The van der Waals surface area contributed by atoms with Gasteiger partial charge >= 0.3 is 12.3 Å². The lowest BCUT2D eigenvalue weighted by Gasteiger charge is -2.36. The average Bonchev–Trinajstić information content (AvgIpc) is 3.85. The molecule has 0 saturated heterocycles. The number of carboxylic acid groups (broad SMARTS) is 1. The molecular weight excluding hydrogens is 750 g/mol. The number of sulfonamides is 1. The zero-order valence-electron chi connectivity index (χ0n) is 25.1. The van der Waals surface area contributed by atoms with Crippen molar-refractivity contribution in [2.45, 2.75) is 61.9 Å². The van der Waals surface area contributed by atoms with Crippen LogP contribution in [-0.4, -0.2) is 52.7 Å². The molecule has 0 spiro atoms. The molecule has 3 aromatic carbocycles. The smallest absolute Gasteiger partial charge is 0.487 e. The van der Waals surface area contributed by atoms with E-state index in [-0.39, 0.29) is 52.7 Å². The molecule has 2 bridgehead atoms. The summed E-state index contributed by atoms with van der Waals surface area (Å²) in [6, 6.07) is 15.3. The minimum absolute atomic E-state index is 0.0680. The lowest BCUT2D eigenvalue weighted by atomic mass is 9.83. The first kappa shape index (κ1) is 32.5. The van der Waals surface area contributed by atoms with Crippen LogP contribution in [0, 0.1) is 17.8 Å². The van der Waals surface area contributed by atoms with E-state index < -0.39 is 43.1 Å². The number of ether oxygens (including phenoxy) is 3. The third kappa shape index (κ3) is 6.94. The number of hydrogen-bond acceptors (Lipinski definition) is 6. The summed E-state index contributed by atoms with van der Waals surface area (Å²) in [4.78, 5) is 11.5. The van der Waals surface area contributed by atoms with Gasteiger partial charge in [0.25, 0.3) is 0 Å². The van der Waals surface area contributed by atoms with Crippen molar-refractivity contribution < 1.29 is 45.7 Å². The number of hydrogen-bond donors (Lipinski definition) is 2. The number of alkyl halides is 4. The van der Waals surface area contributed by atoms with E-state index in [4.69, 9.17) is 9.47 Å². The van der Waals surface area contributed by atoms with Gasteiger partial charge in [-0.1, -0.05) is 57.1 Å². The van der Waals surface area contributed by atoms with Crippen LogP contribution in [0.1, 0.15) is 54.4 Å². The Hall–Kier alpha value is -3.01. The predicted molar refractivity (Wildman–Crippen MR) is 177 cm³/mol. The molecule has 2 atom stereocenters. The third-order valence-electron chi connectivity index (χ3n) is 9.44. The molecule has 8 nitrogen and oxygen atoms in total. The highest BCUT2D eigenvalue weighted by Gasteiger charge is 2.45. The maximum atomic E-state index is 13.7. The van der Waals surface area contributed by atoms with Crippen LogP contribution in [0.15, 0.2) is 76.9 Å². The molecule has 3 saturated carbocycles. The van der Waals surface area contributed by atoms with E-state index >= 15 is 0 Å². The summed E-state index contributed by atoms with van der Waals surface area (Å²) in [6.07, 6.45) is 0.0421. The van der Waals surface area contributed by atoms with Crippen molar-refractivity contribution in [1.82, 2.24) is 4.72 Å². The summed E-state index contributed by atoms with van der Waals surface area (Å²) in [5.74, 6) is -0.0983. The van der Waals surface area contributed by atoms with Crippen LogP contribution in [0.2, 0.25) is 0 Å². The van der Waals surface area contributed by atoms with Gasteiger partial charge in [-0.05, 0) is 80.0 Å². The molecule has 2 unspecified atom stereocenters. The largest absolute Gasteiger partial charge is 0.573 e. The maximum Gasteiger partial charge on any atom is 0.573 e. The molecular formula is C34H33F3INO7S. The first-order valence-corrected chi connectivity index (χ1v) is 19.6. The molecule has 0 radical (unpaired) electrons. The number of carbonyl (C=O) groups is 1. The minimum Gasteiger partial charge on any atom is -0.487 e. The number of benzene rings is 3. The Morgan fingerprint density at radius 1 is 1.00 bits per heavy atom. The Balaban J connectivity index is 1.07. The van der Waals surface area contributed by atoms with E-state index in [1.54, 1.807) is 24.3 Å². The summed E-state index contributed by atoms with van der Waals surface area (Å²) in [7, 11) is -3.91. The molecule has 7 rings (SSSR count). The highest BCUT2D eigenvalue weighted by atomic mass is 127. The molecule has 0 amide bonds. The molecule has 3 aromatic rings. The molecule has 13 heteroatoms. The summed E-state index contributed by atoms with van der Waals surface area (Å²) < 4.78 is 88.6. The zero-order chi connectivity index (χ0) is 32.9. The van der Waals surface area contributed by atoms with Crippen LogP contribution in [-0.2, 0) is 19.5 Å². The van der Waals surface area contributed by atoms with Crippen molar-refractivity contribution in [1.29, 1.82) is 0 Å². The van der Waals surface area contributed by atoms with E-state index in [2.05, 4.69) is 9.46 Å². The first-order chi connectivity index (χ1) is 22.5. The Morgan fingerprint density at radius 3 is 2.45 bits per heavy atom. The molecule has 3 fully saturated rings. The SMILES string of the molecule is O=C(O)c1ccc2c(S(=O)(=O)NC3C4CCC3CC(OCC3=C(C5CC5)OCI=C3c3ccccc3OC(F)(F)F)C4)cccc2c1. The van der Waals surface area contributed by atoms with Gasteiger partial charge in [-0.3, -0.25) is 0 Å². The fourth-order valence-electron chi connectivity index (χ4n) is 7.22. The highest BCUT2D eigenvalue weighted by molar-refractivity contribution is 14.2. The monoisotopic (exact) mass is 783 g/mol. The first-order valence-electron chi connectivity index (χ1n) is 15.5. The van der Waals surface area contributed by atoms with Crippen LogP contribution in [0.25, 0.3) is 10.8 Å². The molecule has 2 N–H and O–H groups in total. The second-order valence-electron chi connectivity index (χ2n) is 12.5. The minimum atomic E-state index is -4.81. The number of nitrogens with one attached hydrogen (secondary N) is 1. The van der Waals surface area contributed by atoms with Gasteiger partial charge in [0.1, 0.15) is 16.1 Å². The van der Waals surface area contributed by atoms with E-state index in [1.807, 2.05) is 0 Å². The van der Waals surface area contributed by atoms with Crippen LogP contribution >= 0.6 is 20.7 Å². The third-order valence-corrected chi connectivity index (χ3v) is 13.6. The van der Waals surface area contributed by atoms with Crippen molar-refractivity contribution in [3.8, 4) is 5.75 Å². The molecule has 1 heterocycles. The Labute approximate surface area is 280 Å². The standard InChI is InChI=1S/C34H33F3INO7S/c35-34(36,37)46-28-6-2-1-5-26(28)30-27(32(19-8-9-19)45-18-38-30)17-44-24-15-21-10-11-22(16-24)31(21)39-47(42,43)29-7-3-4-20-14-23(33(40)41)12-13-25(20)29/h1-7,12-14,19,21-22,24,31,39H,8-11,15-18H2,(H,40,41). The fraction of sp³-hybridized carbons (Fsp3) is 0.412. The Morgan fingerprint density at radius 2 is 1.74 bits per heavy atom. The molecule has 0 aromatic heterocycles. The van der Waals surface area contributed by atoms with Crippen LogP contribution in [0.5, 0.6) is 5.75 Å². The number of carboxylic acids is 1. The van der Waals surface area contributed by atoms with Gasteiger partial charge in [-0.25, -0.2) is 17.9 Å². The summed E-state index contributed by atoms with van der Waals surface area (Å²) in [5, 5.41) is 10.3. The maximum absolute atomic E-state index is 13.7. The van der Waals surface area contributed by atoms with E-state index in [1.165, 1.54) is 36.4 Å². The topological polar surface area (TPSA) is 111 Å². The van der Waals surface area contributed by atoms with Gasteiger partial charge in [-0.2, -0.15) is 0 Å². The average molecular weight is 784 g/mol. The van der Waals surface area contributed by atoms with Crippen LogP contribution in [0.3, 0.4) is 0 Å². The zero-order valence-corrected chi connectivity index (χ0v) is 28.1. The number of fused-ring (bicyclic) bond motifs is 3. The summed E-state index contributed by atoms with van der Waals surface area (Å²) >= 11 is -0.752. The predicted octanol–water partition coefficient (Wildman–Crippen LogP) is 7.13. The molecule has 1 aliphatic heterocycles. The lowest BCUT2D eigenvalue weighted by Crippen LogP contribution is -2.46. The van der Waals surface area contributed by atoms with Crippen molar-refractivity contribution in [3.05, 3.63) is 83.1 Å². The second kappa shape index (κ2) is 12.8. The second-order valence-corrected chi connectivity index (χ2v) is 16.7. The van der Waals surface area contributed by atoms with Gasteiger partial charge < -0.3 is 19.3 Å². The quantitative estimate of drug-likeness (QED) is 0.166. The molecule has 250 valence electrons. The summed E-state index contributed by atoms with van der Waals surface area (Å²) in [5.41, 5.74) is 1.35. The van der Waals surface area contributed by atoms with Gasteiger partial charge in [0.15, 0.2) is 0 Å². The molecule has 4 aliphatic rings. The normalized spacial score (nSPS) is 24.8. The summed E-state index contributed by atoms with van der Waals surface area (Å²) in [6.45, 7) is 0.218. The van der Waals surface area contributed by atoms with E-state index in [0.717, 1.165) is 40.5 Å². The van der Waals surface area contributed by atoms with Crippen molar-refractivity contribution >= 4 is 51.0 Å². The van der Waals surface area contributed by atoms with Gasteiger partial charge in [0, 0.05) is 32.0 Å². The number of aromatic carboxylic acids is 1. The Kier molecular flexibility index (Phi) is 8.85. The number of halogens is 4. The van der Waals surface area contributed by atoms with E-state index in [0.29, 0.717) is 33.8 Å². The Bertz CT molecular complexity index is 1880. The van der Waals surface area contributed by atoms with E-state index in [9.17, 15) is 31.5 Å². The highest BCUT2D eigenvalue weighted by Crippen LogP contribution is 2.46. The number of para-hydroxylation sites is 1. The van der Waals surface area contributed by atoms with Crippen molar-refractivity contribution in [3.63, 3.8) is 0 Å². The van der Waals surface area contributed by atoms with Crippen LogP contribution < -0.4 is 9.46 Å². The number of allylic oxidation sites excluding steroid dienone is 1. The van der Waals surface area contributed by atoms with Crippen molar-refractivity contribution in [2.75, 3.05) is 11.2 Å². The van der Waals surface area contributed by atoms with Gasteiger partial charge in [-0.15, -0.1) is 13.2 Å². The van der Waals surface area contributed by atoms with Crippen molar-refractivity contribution in [2.24, 2.45) is 17.8 Å². The lowest BCUT2D eigenvalue weighted by molar-refractivity contribution is -0.274. The van der Waals surface area contributed by atoms with Gasteiger partial charge in [0.05, 0.1) is 23.2 Å². The fourth-order valence-corrected chi connectivity index (χ4v) is 11.4. The molecule has 47 heavy (non-hydrogen) atoms. The van der Waals surface area contributed by atoms with Crippen LogP contribution in [0.4, 0.5) is 13.2 Å². The van der Waals surface area contributed by atoms with Gasteiger partial charge in [0.2, 0.25) is 10.0 Å². The molecule has 3 aliphatic carbocycles.